The highest BCUT2D eigenvalue weighted by atomic mass is 32.2. The number of hydrogen-bond acceptors (Lipinski definition) is 8. The zero-order chi connectivity index (χ0) is 17.8. The molecule has 134 valence electrons. The number of nitrogens with zero attached hydrogens (tertiary/aromatic N) is 2. The quantitative estimate of drug-likeness (QED) is 0.518. The van der Waals surface area contributed by atoms with Gasteiger partial charge in [0.05, 0.1) is 17.9 Å². The first kappa shape index (κ1) is 17.7. The standard InChI is InChI=1S/C15H19N5O3S2/c1-2-23-13(22)11-8-5-3-4-6-9(8)25-12(11)17-10(21)7-24-15-18-14(16)19-20-15/h2-7H2,1H3,(H,17,21)(H3,16,18,19,20). The second-order valence-corrected chi connectivity index (χ2v) is 7.52. The minimum Gasteiger partial charge on any atom is -0.462 e. The Bertz CT molecular complexity index is 786. The molecule has 0 radical (unpaired) electrons. The van der Waals surface area contributed by atoms with Gasteiger partial charge >= 0.3 is 5.97 Å². The summed E-state index contributed by atoms with van der Waals surface area (Å²) in [5, 5.41) is 10.2. The van der Waals surface area contributed by atoms with Crippen molar-refractivity contribution in [2.45, 2.75) is 37.8 Å². The van der Waals surface area contributed by atoms with E-state index < -0.39 is 0 Å². The number of ether oxygens (including phenoxy) is 1. The number of aromatic amines is 1. The SMILES string of the molecule is CCOC(=O)c1c(NC(=O)CSc2n[nH]c(N)n2)sc2c1CCCC2. The fraction of sp³-hybridized carbons (Fsp3) is 0.467. The third-order valence-corrected chi connectivity index (χ3v) is 5.77. The zero-order valence-electron chi connectivity index (χ0n) is 13.8. The molecule has 8 nitrogen and oxygen atoms in total. The number of aryl methyl sites for hydroxylation is 1. The van der Waals surface area contributed by atoms with E-state index in [4.69, 9.17) is 10.5 Å². The summed E-state index contributed by atoms with van der Waals surface area (Å²) < 4.78 is 5.18. The average Bonchev–Trinajstić information content (AvgIpc) is 3.16. The van der Waals surface area contributed by atoms with Crippen molar-refractivity contribution in [3.8, 4) is 0 Å². The molecule has 0 bridgehead atoms. The van der Waals surface area contributed by atoms with Gasteiger partial charge in [0, 0.05) is 4.88 Å². The Morgan fingerprint density at radius 2 is 2.20 bits per heavy atom. The maximum absolute atomic E-state index is 12.4. The Kier molecular flexibility index (Phi) is 5.59. The second kappa shape index (κ2) is 7.87. The molecule has 25 heavy (non-hydrogen) atoms. The van der Waals surface area contributed by atoms with Crippen LogP contribution in [-0.2, 0) is 22.4 Å². The van der Waals surface area contributed by atoms with E-state index >= 15 is 0 Å². The molecule has 4 N–H and O–H groups in total. The summed E-state index contributed by atoms with van der Waals surface area (Å²) in [5.41, 5.74) is 7.00. The lowest BCUT2D eigenvalue weighted by atomic mass is 9.95. The molecule has 1 aliphatic rings. The first-order chi connectivity index (χ1) is 12.1. The van der Waals surface area contributed by atoms with Crippen LogP contribution >= 0.6 is 23.1 Å². The Balaban J connectivity index is 1.73. The molecule has 0 spiro atoms. The van der Waals surface area contributed by atoms with Gasteiger partial charge in [0.15, 0.2) is 0 Å². The van der Waals surface area contributed by atoms with E-state index in [1.165, 1.54) is 28.0 Å². The molecule has 0 aliphatic heterocycles. The van der Waals surface area contributed by atoms with Crippen molar-refractivity contribution in [3.05, 3.63) is 16.0 Å². The number of carbonyl (C=O) groups excluding carboxylic acids is 2. The molecular weight excluding hydrogens is 362 g/mol. The molecule has 1 aliphatic carbocycles. The molecule has 0 atom stereocenters. The molecule has 10 heteroatoms. The normalized spacial score (nSPS) is 13.3. The highest BCUT2D eigenvalue weighted by molar-refractivity contribution is 7.99. The average molecular weight is 381 g/mol. The van der Waals surface area contributed by atoms with Gasteiger partial charge in [-0.1, -0.05) is 11.8 Å². The Morgan fingerprint density at radius 3 is 2.92 bits per heavy atom. The van der Waals surface area contributed by atoms with Gasteiger partial charge in [-0.2, -0.15) is 4.98 Å². The third kappa shape index (κ3) is 4.13. The van der Waals surface area contributed by atoms with Gasteiger partial charge in [-0.05, 0) is 38.2 Å². The summed E-state index contributed by atoms with van der Waals surface area (Å²) >= 11 is 2.64. The number of nitrogens with two attached hydrogens (primary N) is 1. The van der Waals surface area contributed by atoms with Crippen molar-refractivity contribution >= 4 is 45.9 Å². The van der Waals surface area contributed by atoms with E-state index in [2.05, 4.69) is 20.5 Å². The maximum atomic E-state index is 12.4. The predicted molar refractivity (Wildman–Crippen MR) is 97.1 cm³/mol. The van der Waals surface area contributed by atoms with Crippen molar-refractivity contribution in [2.24, 2.45) is 0 Å². The van der Waals surface area contributed by atoms with Crippen molar-refractivity contribution in [3.63, 3.8) is 0 Å². The molecule has 3 rings (SSSR count). The number of fused-ring (bicyclic) bond motifs is 1. The molecule has 1 amide bonds. The number of rotatable bonds is 6. The van der Waals surface area contributed by atoms with Crippen molar-refractivity contribution in [1.29, 1.82) is 0 Å². The number of esters is 1. The van der Waals surface area contributed by atoms with E-state index in [-0.39, 0.29) is 23.6 Å². The lowest BCUT2D eigenvalue weighted by Gasteiger charge is -2.12. The van der Waals surface area contributed by atoms with E-state index in [1.54, 1.807) is 6.92 Å². The molecule has 2 aromatic rings. The summed E-state index contributed by atoms with van der Waals surface area (Å²) in [6.45, 7) is 2.08. The molecule has 0 saturated carbocycles. The molecule has 2 heterocycles. The minimum atomic E-state index is -0.369. The smallest absolute Gasteiger partial charge is 0.341 e. The number of thioether (sulfide) groups is 1. The van der Waals surface area contributed by atoms with Crippen molar-refractivity contribution in [1.82, 2.24) is 15.2 Å². The first-order valence-corrected chi connectivity index (χ1v) is 9.81. The molecule has 0 unspecified atom stereocenters. The zero-order valence-corrected chi connectivity index (χ0v) is 15.4. The number of anilines is 2. The monoisotopic (exact) mass is 381 g/mol. The van der Waals surface area contributed by atoms with Crippen LogP contribution in [0.15, 0.2) is 5.16 Å². The minimum absolute atomic E-state index is 0.127. The number of nitrogen functional groups attached to an aromatic ring is 1. The van der Waals surface area contributed by atoms with Gasteiger partial charge in [-0.15, -0.1) is 16.4 Å². The topological polar surface area (TPSA) is 123 Å². The van der Waals surface area contributed by atoms with Gasteiger partial charge in [0.1, 0.15) is 5.00 Å². The molecule has 2 aromatic heterocycles. The lowest BCUT2D eigenvalue weighted by Crippen LogP contribution is -2.17. The number of aromatic nitrogens is 3. The number of amides is 1. The van der Waals surface area contributed by atoms with Crippen LogP contribution in [0, 0.1) is 0 Å². The maximum Gasteiger partial charge on any atom is 0.341 e. The number of carbonyl (C=O) groups is 2. The summed E-state index contributed by atoms with van der Waals surface area (Å²) in [6.07, 6.45) is 3.94. The fourth-order valence-electron chi connectivity index (χ4n) is 2.69. The van der Waals surface area contributed by atoms with E-state index in [1.807, 2.05) is 0 Å². The van der Waals surface area contributed by atoms with Crippen LogP contribution in [0.2, 0.25) is 0 Å². The van der Waals surface area contributed by atoms with Crippen molar-refractivity contribution in [2.75, 3.05) is 23.4 Å². The number of thiophene rings is 1. The van der Waals surface area contributed by atoms with Crippen LogP contribution in [0.5, 0.6) is 0 Å². The fourth-order valence-corrected chi connectivity index (χ4v) is 4.59. The number of nitrogens with one attached hydrogen (secondary N) is 2. The van der Waals surface area contributed by atoms with E-state index in [0.29, 0.717) is 22.3 Å². The highest BCUT2D eigenvalue weighted by Crippen LogP contribution is 2.38. The van der Waals surface area contributed by atoms with Gasteiger partial charge in [0.25, 0.3) is 0 Å². The second-order valence-electron chi connectivity index (χ2n) is 5.48. The third-order valence-electron chi connectivity index (χ3n) is 3.72. The predicted octanol–water partition coefficient (Wildman–Crippen LogP) is 2.23. The van der Waals surface area contributed by atoms with Crippen LogP contribution < -0.4 is 11.1 Å². The van der Waals surface area contributed by atoms with Crippen LogP contribution in [-0.4, -0.2) is 39.4 Å². The van der Waals surface area contributed by atoms with E-state index in [0.717, 1.165) is 31.2 Å². The highest BCUT2D eigenvalue weighted by Gasteiger charge is 2.27. The Morgan fingerprint density at radius 1 is 1.40 bits per heavy atom. The van der Waals surface area contributed by atoms with Crippen LogP contribution in [0.4, 0.5) is 10.9 Å². The Labute approximate surface area is 152 Å². The van der Waals surface area contributed by atoms with Gasteiger partial charge in [-0.25, -0.2) is 9.89 Å². The molecule has 0 aromatic carbocycles. The summed E-state index contributed by atoms with van der Waals surface area (Å²) in [6, 6.07) is 0. The van der Waals surface area contributed by atoms with Crippen LogP contribution in [0.3, 0.4) is 0 Å². The van der Waals surface area contributed by atoms with E-state index in [9.17, 15) is 9.59 Å². The summed E-state index contributed by atoms with van der Waals surface area (Å²) in [4.78, 5) is 29.7. The lowest BCUT2D eigenvalue weighted by molar-refractivity contribution is -0.113. The van der Waals surface area contributed by atoms with Gasteiger partial charge in [-0.3, -0.25) is 4.79 Å². The van der Waals surface area contributed by atoms with Crippen molar-refractivity contribution < 1.29 is 14.3 Å². The number of H-pyrrole nitrogens is 1. The largest absolute Gasteiger partial charge is 0.462 e. The number of hydrogen-bond donors (Lipinski definition) is 3. The van der Waals surface area contributed by atoms with Gasteiger partial charge < -0.3 is 15.8 Å². The molecule has 0 fully saturated rings. The van der Waals surface area contributed by atoms with Gasteiger partial charge in [0.2, 0.25) is 17.0 Å². The summed E-state index contributed by atoms with van der Waals surface area (Å²) in [7, 11) is 0. The van der Waals surface area contributed by atoms with Crippen LogP contribution in [0.25, 0.3) is 0 Å². The summed E-state index contributed by atoms with van der Waals surface area (Å²) in [5.74, 6) is -0.259. The first-order valence-electron chi connectivity index (χ1n) is 8.00. The molecule has 0 saturated heterocycles. The molecular formula is C15H19N5O3S2. The van der Waals surface area contributed by atoms with Crippen LogP contribution in [0.1, 0.15) is 40.6 Å². The Hall–Kier alpha value is -2.07.